The highest BCUT2D eigenvalue weighted by Crippen LogP contribution is 2.25. The molecule has 1 N–H and O–H groups in total. The second-order valence-electron chi connectivity index (χ2n) is 6.86. The van der Waals surface area contributed by atoms with Crippen LogP contribution in [-0.2, 0) is 6.54 Å². The predicted molar refractivity (Wildman–Crippen MR) is 120 cm³/mol. The molecule has 0 aliphatic heterocycles. The van der Waals surface area contributed by atoms with Crippen molar-refractivity contribution in [2.24, 2.45) is 0 Å². The molecule has 0 atom stereocenters. The van der Waals surface area contributed by atoms with E-state index in [2.05, 4.69) is 20.5 Å². The number of rotatable bonds is 6. The molecule has 0 bridgehead atoms. The van der Waals surface area contributed by atoms with Crippen LogP contribution >= 0.6 is 11.3 Å². The number of anilines is 1. The molecule has 0 aliphatic rings. The lowest BCUT2D eigenvalue weighted by molar-refractivity contribution is 0.102. The van der Waals surface area contributed by atoms with E-state index in [1.807, 2.05) is 77.7 Å². The summed E-state index contributed by atoms with van der Waals surface area (Å²) in [5.74, 6) is -0.245. The largest absolute Gasteiger partial charge is 0.320 e. The molecule has 3 heterocycles. The van der Waals surface area contributed by atoms with Gasteiger partial charge in [0.1, 0.15) is 10.7 Å². The number of carbonyl (C=O) groups is 1. The maximum absolute atomic E-state index is 12.8. The fraction of sp³-hybridized carbons (Fsp3) is 0.0435. The zero-order chi connectivity index (χ0) is 21.0. The average molecular weight is 427 g/mol. The van der Waals surface area contributed by atoms with Crippen molar-refractivity contribution < 1.29 is 4.79 Å². The van der Waals surface area contributed by atoms with Crippen molar-refractivity contribution in [3.63, 3.8) is 0 Å². The summed E-state index contributed by atoms with van der Waals surface area (Å²) in [5, 5.41) is 14.1. The molecule has 5 rings (SSSR count). The topological polar surface area (TPSA) is 77.6 Å². The van der Waals surface area contributed by atoms with Gasteiger partial charge in [0.15, 0.2) is 0 Å². The molecule has 5 aromatic rings. The highest BCUT2D eigenvalue weighted by Gasteiger charge is 2.15. The van der Waals surface area contributed by atoms with Crippen molar-refractivity contribution in [2.45, 2.75) is 6.54 Å². The number of hydrogen-bond donors (Lipinski definition) is 1. The molecule has 0 fully saturated rings. The summed E-state index contributed by atoms with van der Waals surface area (Å²) in [5.41, 5.74) is 3.93. The Kier molecular flexibility index (Phi) is 5.12. The highest BCUT2D eigenvalue weighted by molar-refractivity contribution is 7.13. The van der Waals surface area contributed by atoms with Gasteiger partial charge in [-0.15, -0.1) is 11.3 Å². The Morgan fingerprint density at radius 1 is 1.00 bits per heavy atom. The van der Waals surface area contributed by atoms with Crippen molar-refractivity contribution in [3.05, 3.63) is 102 Å². The lowest BCUT2D eigenvalue weighted by Gasteiger charge is -2.10. The number of thiazole rings is 1. The number of para-hydroxylation sites is 2. The molecule has 31 heavy (non-hydrogen) atoms. The Balaban J connectivity index is 1.33. The standard InChI is InChI=1S/C23H18N6OS/c30-22(26-20-10-5-4-7-17(20)14-28-12-6-11-24-28)21-16-31-23(27-21)18-13-25-29(15-18)19-8-2-1-3-9-19/h1-13,15-16H,14H2,(H,26,30). The van der Waals surface area contributed by atoms with Crippen molar-refractivity contribution in [1.29, 1.82) is 0 Å². The Morgan fingerprint density at radius 3 is 2.68 bits per heavy atom. The second kappa shape index (κ2) is 8.37. The van der Waals surface area contributed by atoms with Gasteiger partial charge in [0.2, 0.25) is 0 Å². The maximum atomic E-state index is 12.8. The second-order valence-corrected chi connectivity index (χ2v) is 7.72. The molecule has 2 aromatic carbocycles. The minimum absolute atomic E-state index is 0.245. The SMILES string of the molecule is O=C(Nc1ccccc1Cn1cccn1)c1csc(-c2cnn(-c3ccccc3)c2)n1. The molecule has 0 unspecified atom stereocenters. The number of hydrogen-bond acceptors (Lipinski definition) is 5. The fourth-order valence-corrected chi connectivity index (χ4v) is 3.98. The zero-order valence-corrected chi connectivity index (χ0v) is 17.2. The third kappa shape index (κ3) is 4.15. The van der Waals surface area contributed by atoms with Crippen LogP contribution in [0.5, 0.6) is 0 Å². The lowest BCUT2D eigenvalue weighted by Crippen LogP contribution is -2.14. The monoisotopic (exact) mass is 426 g/mol. The van der Waals surface area contributed by atoms with Crippen molar-refractivity contribution in [1.82, 2.24) is 24.5 Å². The minimum Gasteiger partial charge on any atom is -0.320 e. The first-order valence-electron chi connectivity index (χ1n) is 9.69. The van der Waals surface area contributed by atoms with Crippen molar-refractivity contribution >= 4 is 22.9 Å². The Morgan fingerprint density at radius 2 is 1.84 bits per heavy atom. The lowest BCUT2D eigenvalue weighted by atomic mass is 10.1. The summed E-state index contributed by atoms with van der Waals surface area (Å²) < 4.78 is 3.61. The average Bonchev–Trinajstić information content (AvgIpc) is 3.57. The van der Waals surface area contributed by atoms with E-state index in [9.17, 15) is 4.79 Å². The highest BCUT2D eigenvalue weighted by atomic mass is 32.1. The Labute approximate surface area is 182 Å². The van der Waals surface area contributed by atoms with E-state index in [0.29, 0.717) is 12.2 Å². The molecular weight excluding hydrogens is 408 g/mol. The van der Waals surface area contributed by atoms with E-state index >= 15 is 0 Å². The van der Waals surface area contributed by atoms with Crippen LogP contribution in [0.2, 0.25) is 0 Å². The molecule has 1 amide bonds. The molecule has 152 valence electrons. The molecule has 0 saturated carbocycles. The van der Waals surface area contributed by atoms with Gasteiger partial charge in [0.05, 0.1) is 18.4 Å². The third-order valence-corrected chi connectivity index (χ3v) is 5.64. The summed E-state index contributed by atoms with van der Waals surface area (Å²) in [4.78, 5) is 17.4. The Bertz CT molecular complexity index is 1310. The molecule has 0 saturated heterocycles. The van der Waals surface area contributed by atoms with Gasteiger partial charge in [-0.25, -0.2) is 9.67 Å². The maximum Gasteiger partial charge on any atom is 0.275 e. The number of benzene rings is 2. The fourth-order valence-electron chi connectivity index (χ4n) is 3.20. The number of nitrogens with one attached hydrogen (secondary N) is 1. The van der Waals surface area contributed by atoms with Gasteiger partial charge in [0, 0.05) is 35.2 Å². The molecule has 7 nitrogen and oxygen atoms in total. The molecular formula is C23H18N6OS. The van der Waals surface area contributed by atoms with Gasteiger partial charge in [0.25, 0.3) is 5.91 Å². The summed E-state index contributed by atoms with van der Waals surface area (Å²) in [7, 11) is 0. The first-order valence-corrected chi connectivity index (χ1v) is 10.6. The van der Waals surface area contributed by atoms with Crippen LogP contribution in [0, 0.1) is 0 Å². The van der Waals surface area contributed by atoms with Gasteiger partial charge in [-0.2, -0.15) is 10.2 Å². The van der Waals surface area contributed by atoms with Gasteiger partial charge in [-0.1, -0.05) is 36.4 Å². The van der Waals surface area contributed by atoms with Crippen LogP contribution in [0.25, 0.3) is 16.3 Å². The van der Waals surface area contributed by atoms with E-state index in [1.54, 1.807) is 22.5 Å². The number of aromatic nitrogens is 5. The first-order chi connectivity index (χ1) is 15.3. The zero-order valence-electron chi connectivity index (χ0n) is 16.4. The number of amides is 1. The number of carbonyl (C=O) groups excluding carboxylic acids is 1. The smallest absolute Gasteiger partial charge is 0.275 e. The Hall–Kier alpha value is -4.04. The van der Waals surface area contributed by atoms with E-state index in [-0.39, 0.29) is 5.91 Å². The quantitative estimate of drug-likeness (QED) is 0.434. The first kappa shape index (κ1) is 19.0. The predicted octanol–water partition coefficient (Wildman–Crippen LogP) is 4.49. The minimum atomic E-state index is -0.245. The van der Waals surface area contributed by atoms with Crippen molar-refractivity contribution in [2.75, 3.05) is 5.32 Å². The van der Waals surface area contributed by atoms with Crippen LogP contribution in [0.3, 0.4) is 0 Å². The molecule has 8 heteroatoms. The molecule has 3 aromatic heterocycles. The molecule has 0 spiro atoms. The van der Waals surface area contributed by atoms with Crippen LogP contribution in [-0.4, -0.2) is 30.5 Å². The van der Waals surface area contributed by atoms with Gasteiger partial charge in [-0.05, 0) is 29.8 Å². The van der Waals surface area contributed by atoms with E-state index in [1.165, 1.54) is 11.3 Å². The van der Waals surface area contributed by atoms with Crippen LogP contribution in [0.15, 0.2) is 90.8 Å². The van der Waals surface area contributed by atoms with Crippen LogP contribution < -0.4 is 5.32 Å². The van der Waals surface area contributed by atoms with Crippen LogP contribution in [0.1, 0.15) is 16.1 Å². The van der Waals surface area contributed by atoms with Crippen molar-refractivity contribution in [3.8, 4) is 16.3 Å². The van der Waals surface area contributed by atoms with Gasteiger partial charge < -0.3 is 5.32 Å². The molecule has 0 aliphatic carbocycles. The van der Waals surface area contributed by atoms with Crippen LogP contribution in [0.4, 0.5) is 5.69 Å². The van der Waals surface area contributed by atoms with Gasteiger partial charge in [-0.3, -0.25) is 9.48 Å². The van der Waals surface area contributed by atoms with Gasteiger partial charge >= 0.3 is 0 Å². The summed E-state index contributed by atoms with van der Waals surface area (Å²) in [6.45, 7) is 0.574. The number of nitrogens with zero attached hydrogens (tertiary/aromatic N) is 5. The third-order valence-electron chi connectivity index (χ3n) is 4.74. The summed E-state index contributed by atoms with van der Waals surface area (Å²) >= 11 is 1.42. The molecule has 0 radical (unpaired) electrons. The van der Waals surface area contributed by atoms with E-state index in [0.717, 1.165) is 27.5 Å². The normalized spacial score (nSPS) is 10.8. The van der Waals surface area contributed by atoms with E-state index in [4.69, 9.17) is 0 Å². The summed E-state index contributed by atoms with van der Waals surface area (Å²) in [6, 6.07) is 19.4. The summed E-state index contributed by atoms with van der Waals surface area (Å²) in [6.07, 6.45) is 7.29. The van der Waals surface area contributed by atoms with E-state index < -0.39 is 0 Å².